The molecule has 1 heterocycles. The van der Waals surface area contributed by atoms with Gasteiger partial charge in [0.05, 0.1) is 6.04 Å². The molecule has 31 heavy (non-hydrogen) atoms. The number of phenolic OH excluding ortho intramolecular Hbond substituents is 1. The number of nitrogens with one attached hydrogen (secondary N) is 1. The Morgan fingerprint density at radius 3 is 2.55 bits per heavy atom. The van der Waals surface area contributed by atoms with E-state index in [2.05, 4.69) is 17.4 Å². The number of likely N-dealkylation sites (tertiary alicyclic amines) is 1. The number of phenols is 1. The van der Waals surface area contributed by atoms with E-state index < -0.39 is 12.1 Å². The van der Waals surface area contributed by atoms with Gasteiger partial charge >= 0.3 is 0 Å². The fourth-order valence-corrected chi connectivity index (χ4v) is 4.38. The highest BCUT2D eigenvalue weighted by Crippen LogP contribution is 2.24. The highest BCUT2D eigenvalue weighted by Gasteiger charge is 2.36. The first-order chi connectivity index (χ1) is 14.9. The first-order valence-electron chi connectivity index (χ1n) is 11.0. The molecule has 3 rings (SSSR count). The zero-order valence-corrected chi connectivity index (χ0v) is 18.4. The van der Waals surface area contributed by atoms with Crippen LogP contribution >= 0.6 is 0 Å². The number of hydrogen-bond donors (Lipinski definition) is 3. The molecular weight excluding hydrogens is 390 g/mol. The predicted molar refractivity (Wildman–Crippen MR) is 122 cm³/mol. The van der Waals surface area contributed by atoms with Gasteiger partial charge in [-0.1, -0.05) is 30.3 Å². The second-order valence-electron chi connectivity index (χ2n) is 8.44. The lowest BCUT2D eigenvalue weighted by molar-refractivity contribution is -0.139. The van der Waals surface area contributed by atoms with E-state index in [1.54, 1.807) is 17.0 Å². The van der Waals surface area contributed by atoms with Crippen molar-refractivity contribution in [3.8, 4) is 5.75 Å². The van der Waals surface area contributed by atoms with Crippen LogP contribution in [0.25, 0.3) is 0 Å². The number of aryl methyl sites for hydroxylation is 3. The molecule has 2 amide bonds. The van der Waals surface area contributed by atoms with Crippen LogP contribution in [0.5, 0.6) is 5.75 Å². The molecule has 0 spiro atoms. The number of rotatable bonds is 8. The summed E-state index contributed by atoms with van der Waals surface area (Å²) < 4.78 is 0. The van der Waals surface area contributed by atoms with Crippen molar-refractivity contribution in [2.45, 2.75) is 58.0 Å². The van der Waals surface area contributed by atoms with Gasteiger partial charge < -0.3 is 21.1 Å². The minimum Gasteiger partial charge on any atom is -0.508 e. The normalized spacial score (nSPS) is 16.9. The largest absolute Gasteiger partial charge is 0.508 e. The smallest absolute Gasteiger partial charge is 0.242 e. The van der Waals surface area contributed by atoms with Crippen LogP contribution in [-0.2, 0) is 22.4 Å². The van der Waals surface area contributed by atoms with E-state index in [0.717, 1.165) is 36.0 Å². The average Bonchev–Trinajstić information content (AvgIpc) is 3.23. The maximum absolute atomic E-state index is 13.0. The van der Waals surface area contributed by atoms with Gasteiger partial charge in [0.15, 0.2) is 0 Å². The van der Waals surface area contributed by atoms with Crippen LogP contribution in [0.2, 0.25) is 0 Å². The van der Waals surface area contributed by atoms with Gasteiger partial charge in [0.1, 0.15) is 11.8 Å². The van der Waals surface area contributed by atoms with E-state index in [1.165, 1.54) is 5.56 Å². The highest BCUT2D eigenvalue weighted by atomic mass is 16.3. The zero-order valence-electron chi connectivity index (χ0n) is 18.4. The molecule has 2 atom stereocenters. The summed E-state index contributed by atoms with van der Waals surface area (Å²) in [7, 11) is 0. The summed E-state index contributed by atoms with van der Waals surface area (Å²) in [5.41, 5.74) is 10.3. The summed E-state index contributed by atoms with van der Waals surface area (Å²) in [5.74, 6) is -0.0703. The van der Waals surface area contributed by atoms with Crippen LogP contribution in [0, 0.1) is 13.8 Å². The van der Waals surface area contributed by atoms with Crippen LogP contribution in [0.15, 0.2) is 42.5 Å². The van der Waals surface area contributed by atoms with Gasteiger partial charge in [-0.05, 0) is 80.3 Å². The quantitative estimate of drug-likeness (QED) is 0.569. The van der Waals surface area contributed by atoms with Crippen LogP contribution in [0.3, 0.4) is 0 Å². The summed E-state index contributed by atoms with van der Waals surface area (Å²) in [4.78, 5) is 27.4. The van der Waals surface area contributed by atoms with Crippen LogP contribution in [-0.4, -0.2) is 47.0 Å². The van der Waals surface area contributed by atoms with Crippen LogP contribution < -0.4 is 11.1 Å². The minimum absolute atomic E-state index is 0.0943. The highest BCUT2D eigenvalue weighted by molar-refractivity contribution is 5.90. The lowest BCUT2D eigenvalue weighted by Gasteiger charge is -2.27. The molecule has 1 unspecified atom stereocenters. The van der Waals surface area contributed by atoms with Crippen molar-refractivity contribution in [1.82, 2.24) is 10.2 Å². The number of amides is 2. The third-order valence-corrected chi connectivity index (χ3v) is 6.04. The van der Waals surface area contributed by atoms with Crippen LogP contribution in [0.1, 0.15) is 41.5 Å². The maximum Gasteiger partial charge on any atom is 0.242 e. The van der Waals surface area contributed by atoms with Gasteiger partial charge in [-0.25, -0.2) is 0 Å². The number of carbonyl (C=O) groups is 2. The Balaban J connectivity index is 1.53. The van der Waals surface area contributed by atoms with Crippen molar-refractivity contribution in [2.75, 3.05) is 13.1 Å². The van der Waals surface area contributed by atoms with E-state index in [9.17, 15) is 14.7 Å². The molecule has 166 valence electrons. The van der Waals surface area contributed by atoms with E-state index in [-0.39, 0.29) is 17.6 Å². The van der Waals surface area contributed by atoms with Crippen LogP contribution in [0.4, 0.5) is 0 Å². The standard InChI is InChI=1S/C25H33N3O3/c1-17-14-20(29)15-18(2)21(17)16-22(26)25(31)28-13-7-11-23(28)24(30)27-12-6-10-19-8-4-3-5-9-19/h3-5,8-9,14-15,22-23,29H,6-7,10-13,16,26H2,1-2H3,(H,27,30)/t22?,23-/m0/s1. The first-order valence-corrected chi connectivity index (χ1v) is 11.0. The Bertz CT molecular complexity index is 890. The monoisotopic (exact) mass is 423 g/mol. The molecule has 6 heteroatoms. The SMILES string of the molecule is Cc1cc(O)cc(C)c1CC(N)C(=O)N1CCC[C@H]1C(=O)NCCCc1ccccc1. The number of benzene rings is 2. The van der Waals surface area contributed by atoms with Crippen molar-refractivity contribution < 1.29 is 14.7 Å². The molecule has 0 radical (unpaired) electrons. The average molecular weight is 424 g/mol. The van der Waals surface area contributed by atoms with Crippen molar-refractivity contribution in [3.63, 3.8) is 0 Å². The topological polar surface area (TPSA) is 95.7 Å². The number of nitrogens with zero attached hydrogens (tertiary/aromatic N) is 1. The zero-order chi connectivity index (χ0) is 22.4. The van der Waals surface area contributed by atoms with Gasteiger partial charge in [-0.2, -0.15) is 0 Å². The summed E-state index contributed by atoms with van der Waals surface area (Å²) in [5, 5.41) is 12.7. The van der Waals surface area contributed by atoms with Gasteiger partial charge in [-0.15, -0.1) is 0 Å². The molecule has 2 aromatic rings. The number of aromatic hydroxyl groups is 1. The van der Waals surface area contributed by atoms with E-state index in [1.807, 2.05) is 32.0 Å². The fourth-order valence-electron chi connectivity index (χ4n) is 4.38. The molecule has 0 bridgehead atoms. The lowest BCUT2D eigenvalue weighted by atomic mass is 9.95. The third kappa shape index (κ3) is 5.85. The second-order valence-corrected chi connectivity index (χ2v) is 8.44. The van der Waals surface area contributed by atoms with Gasteiger partial charge in [-0.3, -0.25) is 9.59 Å². The number of carbonyl (C=O) groups excluding carboxylic acids is 2. The van der Waals surface area contributed by atoms with Gasteiger partial charge in [0, 0.05) is 13.1 Å². The molecule has 0 saturated carbocycles. The molecule has 1 aliphatic heterocycles. The minimum atomic E-state index is -0.714. The maximum atomic E-state index is 13.0. The summed E-state index contributed by atoms with van der Waals surface area (Å²) in [6.45, 7) is 4.95. The third-order valence-electron chi connectivity index (χ3n) is 6.04. The lowest BCUT2D eigenvalue weighted by Crippen LogP contribution is -2.52. The van der Waals surface area contributed by atoms with Crippen molar-refractivity contribution >= 4 is 11.8 Å². The molecule has 6 nitrogen and oxygen atoms in total. The van der Waals surface area contributed by atoms with Crippen molar-refractivity contribution in [2.24, 2.45) is 5.73 Å². The summed E-state index contributed by atoms with van der Waals surface area (Å²) in [6.07, 6.45) is 3.62. The van der Waals surface area contributed by atoms with E-state index in [4.69, 9.17) is 5.73 Å². The second kappa shape index (κ2) is 10.4. The van der Waals surface area contributed by atoms with E-state index in [0.29, 0.717) is 25.9 Å². The molecule has 1 fully saturated rings. The summed E-state index contributed by atoms with van der Waals surface area (Å²) in [6, 6.07) is 12.4. The molecule has 0 aliphatic carbocycles. The van der Waals surface area contributed by atoms with E-state index >= 15 is 0 Å². The van der Waals surface area contributed by atoms with Gasteiger partial charge in [0.2, 0.25) is 11.8 Å². The Hall–Kier alpha value is -2.86. The number of nitrogens with two attached hydrogens (primary N) is 1. The molecule has 0 aromatic heterocycles. The molecule has 4 N–H and O–H groups in total. The molecule has 1 saturated heterocycles. The Morgan fingerprint density at radius 2 is 1.87 bits per heavy atom. The molecule has 1 aliphatic rings. The Kier molecular flexibility index (Phi) is 7.69. The van der Waals surface area contributed by atoms with Crippen molar-refractivity contribution in [1.29, 1.82) is 0 Å². The predicted octanol–water partition coefficient (Wildman–Crippen LogP) is 2.62. The molecule has 2 aromatic carbocycles. The Morgan fingerprint density at radius 1 is 1.19 bits per heavy atom. The molecular formula is C25H33N3O3. The van der Waals surface area contributed by atoms with Crippen molar-refractivity contribution in [3.05, 3.63) is 64.7 Å². The van der Waals surface area contributed by atoms with Gasteiger partial charge in [0.25, 0.3) is 0 Å². The number of hydrogen-bond acceptors (Lipinski definition) is 4. The fraction of sp³-hybridized carbons (Fsp3) is 0.440. The summed E-state index contributed by atoms with van der Waals surface area (Å²) >= 11 is 0. The Labute approximate surface area is 184 Å². The first kappa shape index (κ1) is 22.8.